The van der Waals surface area contributed by atoms with E-state index in [1.807, 2.05) is 0 Å². The lowest BCUT2D eigenvalue weighted by molar-refractivity contribution is 0.525. The molecule has 0 rings (SSSR count). The minimum atomic E-state index is -0.0351. The van der Waals surface area contributed by atoms with E-state index in [1.165, 1.54) is 13.1 Å². The normalized spacial score (nSPS) is 14.8. The predicted molar refractivity (Wildman–Crippen MR) is 67.7 cm³/mol. The lowest BCUT2D eigenvalue weighted by Crippen LogP contribution is -2.40. The van der Waals surface area contributed by atoms with Gasteiger partial charge in [-0.25, -0.2) is 0 Å². The SMILES string of the molecule is CCN(C)[SiH2]C(C)(C)[SiH2]N(C)CC. The second-order valence-corrected chi connectivity index (χ2v) is 12.4. The Bertz CT molecular complexity index is 126. The molecule has 0 aromatic heterocycles. The number of rotatable bonds is 6. The van der Waals surface area contributed by atoms with Crippen LogP contribution >= 0.6 is 0 Å². The molecule has 80 valence electrons. The molecule has 0 amide bonds. The van der Waals surface area contributed by atoms with Gasteiger partial charge in [-0.3, -0.25) is 0 Å². The van der Waals surface area contributed by atoms with Crippen LogP contribution in [0.2, 0.25) is 4.66 Å². The highest BCUT2D eigenvalue weighted by Crippen LogP contribution is 2.21. The number of nitrogens with zero attached hydrogens (tertiary/aromatic N) is 2. The third kappa shape index (κ3) is 6.43. The topological polar surface area (TPSA) is 6.48 Å². The molecule has 0 aliphatic carbocycles. The molecule has 4 heteroatoms. The molecule has 0 aromatic rings. The zero-order valence-electron chi connectivity index (χ0n) is 10.2. The van der Waals surface area contributed by atoms with E-state index in [4.69, 9.17) is 0 Å². The van der Waals surface area contributed by atoms with Crippen LogP contribution in [0.3, 0.4) is 0 Å². The number of hydrogen-bond donors (Lipinski definition) is 0. The second-order valence-electron chi connectivity index (χ2n) is 4.83. The van der Waals surface area contributed by atoms with Gasteiger partial charge in [0, 0.05) is 0 Å². The smallest absolute Gasteiger partial charge is 0.0983 e. The molecule has 2 nitrogen and oxygen atoms in total. The third-order valence-electron chi connectivity index (χ3n) is 2.48. The lowest BCUT2D eigenvalue weighted by Gasteiger charge is -2.32. The van der Waals surface area contributed by atoms with Crippen LogP contribution in [0, 0.1) is 0 Å². The minimum absolute atomic E-state index is 0.0351. The molecule has 13 heavy (non-hydrogen) atoms. The highest BCUT2D eigenvalue weighted by Gasteiger charge is 2.22. The molecule has 0 saturated heterocycles. The van der Waals surface area contributed by atoms with Crippen molar-refractivity contribution in [2.24, 2.45) is 0 Å². The molecule has 0 aliphatic heterocycles. The van der Waals surface area contributed by atoms with E-state index in [0.29, 0.717) is 4.66 Å². The van der Waals surface area contributed by atoms with Crippen molar-refractivity contribution in [3.8, 4) is 0 Å². The first-order valence-corrected chi connectivity index (χ1v) is 7.96. The van der Waals surface area contributed by atoms with Gasteiger partial charge < -0.3 is 9.13 Å². The molecule has 0 saturated carbocycles. The van der Waals surface area contributed by atoms with Gasteiger partial charge in [0.05, 0.1) is 19.4 Å². The van der Waals surface area contributed by atoms with E-state index in [0.717, 1.165) is 0 Å². The van der Waals surface area contributed by atoms with E-state index in [-0.39, 0.29) is 19.4 Å². The molecule has 0 N–H and O–H groups in total. The molecule has 0 heterocycles. The second kappa shape index (κ2) is 5.95. The Morgan fingerprint density at radius 2 is 1.23 bits per heavy atom. The van der Waals surface area contributed by atoms with Gasteiger partial charge in [-0.1, -0.05) is 27.7 Å². The Balaban J connectivity index is 3.92. The van der Waals surface area contributed by atoms with Crippen LogP contribution in [0.4, 0.5) is 0 Å². The van der Waals surface area contributed by atoms with Crippen molar-refractivity contribution >= 4 is 19.4 Å². The molecule has 0 atom stereocenters. The van der Waals surface area contributed by atoms with E-state index < -0.39 is 0 Å². The molecule has 0 radical (unpaired) electrons. The Kier molecular flexibility index (Phi) is 6.12. The van der Waals surface area contributed by atoms with Crippen molar-refractivity contribution in [2.45, 2.75) is 32.4 Å². The van der Waals surface area contributed by atoms with E-state index in [2.05, 4.69) is 50.9 Å². The van der Waals surface area contributed by atoms with E-state index >= 15 is 0 Å². The molecule has 0 aromatic carbocycles. The van der Waals surface area contributed by atoms with Crippen LogP contribution in [0.15, 0.2) is 0 Å². The molecule has 0 bridgehead atoms. The Morgan fingerprint density at radius 1 is 0.923 bits per heavy atom. The van der Waals surface area contributed by atoms with Gasteiger partial charge in [-0.15, -0.1) is 0 Å². The summed E-state index contributed by atoms with van der Waals surface area (Å²) in [6.07, 6.45) is 0. The largest absolute Gasteiger partial charge is 0.332 e. The summed E-state index contributed by atoms with van der Waals surface area (Å²) in [5.41, 5.74) is 0. The van der Waals surface area contributed by atoms with Crippen LogP contribution in [-0.4, -0.2) is 55.7 Å². The molecule has 0 unspecified atom stereocenters. The summed E-state index contributed by atoms with van der Waals surface area (Å²) in [5.74, 6) is 0. The fourth-order valence-electron chi connectivity index (χ4n) is 1.73. The highest BCUT2D eigenvalue weighted by atomic mass is 28.3. The first-order valence-electron chi connectivity index (χ1n) is 5.28. The van der Waals surface area contributed by atoms with Gasteiger partial charge in [-0.2, -0.15) is 0 Å². The lowest BCUT2D eigenvalue weighted by atomic mass is 10.5. The van der Waals surface area contributed by atoms with Crippen molar-refractivity contribution in [2.75, 3.05) is 27.2 Å². The Morgan fingerprint density at radius 3 is 1.46 bits per heavy atom. The summed E-state index contributed by atoms with van der Waals surface area (Å²) in [6.45, 7) is 11.9. The zero-order chi connectivity index (χ0) is 10.5. The zero-order valence-corrected chi connectivity index (χ0v) is 13.1. The predicted octanol–water partition coefficient (Wildman–Crippen LogP) is 0.213. The van der Waals surface area contributed by atoms with Crippen LogP contribution in [0.25, 0.3) is 0 Å². The standard InChI is InChI=1S/C9H26N2Si2/c1-7-10(5)12-9(3,4)13-11(6)8-2/h7-8,12-13H2,1-6H3. The Labute approximate surface area is 88.5 Å². The van der Waals surface area contributed by atoms with E-state index in [9.17, 15) is 0 Å². The summed E-state index contributed by atoms with van der Waals surface area (Å²) >= 11 is 0. The van der Waals surface area contributed by atoms with Crippen LogP contribution in [0.1, 0.15) is 27.7 Å². The minimum Gasteiger partial charge on any atom is -0.332 e. The average molecular weight is 218 g/mol. The van der Waals surface area contributed by atoms with Gasteiger partial charge in [0.15, 0.2) is 0 Å². The summed E-state index contributed by atoms with van der Waals surface area (Å²) in [5, 5.41) is 0. The average Bonchev–Trinajstić information content (AvgIpc) is 2.02. The maximum atomic E-state index is 2.55. The van der Waals surface area contributed by atoms with Gasteiger partial charge in [0.25, 0.3) is 0 Å². The van der Waals surface area contributed by atoms with Gasteiger partial charge in [-0.05, 0) is 31.8 Å². The van der Waals surface area contributed by atoms with Crippen LogP contribution in [0.5, 0.6) is 0 Å². The number of hydrogen-bond acceptors (Lipinski definition) is 2. The maximum absolute atomic E-state index is 2.55. The third-order valence-corrected chi connectivity index (χ3v) is 7.50. The van der Waals surface area contributed by atoms with Crippen molar-refractivity contribution in [1.82, 2.24) is 9.13 Å². The molecule has 0 spiro atoms. The first-order chi connectivity index (χ1) is 5.91. The first kappa shape index (κ1) is 13.4. The summed E-state index contributed by atoms with van der Waals surface area (Å²) in [7, 11) is 4.47. The van der Waals surface area contributed by atoms with Crippen molar-refractivity contribution < 1.29 is 0 Å². The Hall–Kier alpha value is 0.354. The molecular formula is C9H26N2Si2. The van der Waals surface area contributed by atoms with Gasteiger partial charge in [0.1, 0.15) is 0 Å². The fourth-order valence-corrected chi connectivity index (χ4v) is 7.80. The van der Waals surface area contributed by atoms with Gasteiger partial charge in [0.2, 0.25) is 0 Å². The summed E-state index contributed by atoms with van der Waals surface area (Å²) in [6, 6.07) is 0. The monoisotopic (exact) mass is 218 g/mol. The molecule has 0 fully saturated rings. The quantitative estimate of drug-likeness (QED) is 0.588. The summed E-state index contributed by atoms with van der Waals surface area (Å²) in [4.78, 5) is 0. The van der Waals surface area contributed by atoms with Crippen LogP contribution in [-0.2, 0) is 0 Å². The van der Waals surface area contributed by atoms with Crippen molar-refractivity contribution in [3.63, 3.8) is 0 Å². The molecule has 0 aliphatic rings. The molecular weight excluding hydrogens is 192 g/mol. The summed E-state index contributed by atoms with van der Waals surface area (Å²) < 4.78 is 5.78. The fraction of sp³-hybridized carbons (Fsp3) is 1.00. The van der Waals surface area contributed by atoms with Crippen LogP contribution < -0.4 is 0 Å². The maximum Gasteiger partial charge on any atom is 0.0983 e. The highest BCUT2D eigenvalue weighted by molar-refractivity contribution is 6.58. The van der Waals surface area contributed by atoms with Gasteiger partial charge >= 0.3 is 0 Å². The van der Waals surface area contributed by atoms with E-state index in [1.54, 1.807) is 0 Å². The van der Waals surface area contributed by atoms with Crippen molar-refractivity contribution in [3.05, 3.63) is 0 Å². The van der Waals surface area contributed by atoms with Crippen molar-refractivity contribution in [1.29, 1.82) is 0 Å².